The molecule has 1 rings (SSSR count). The minimum atomic E-state index is -1.63. The summed E-state index contributed by atoms with van der Waals surface area (Å²) in [6.45, 7) is -0.637. The lowest BCUT2D eigenvalue weighted by Gasteiger charge is -2.17. The first kappa shape index (κ1) is 20.2. The minimum Gasteiger partial charge on any atom is -0.481 e. The zero-order valence-corrected chi connectivity index (χ0v) is 11.4. The van der Waals surface area contributed by atoms with Gasteiger partial charge in [0, 0.05) is 6.42 Å². The Labute approximate surface area is 124 Å². The molecule has 1 saturated heterocycles. The van der Waals surface area contributed by atoms with Crippen molar-refractivity contribution in [3.05, 3.63) is 0 Å². The van der Waals surface area contributed by atoms with E-state index in [1.54, 1.807) is 0 Å². The van der Waals surface area contributed by atoms with Crippen LogP contribution < -0.4 is 5.73 Å². The highest BCUT2D eigenvalue weighted by molar-refractivity contribution is 5.77. The number of carboxylic acid groups (broad SMARTS) is 2. The van der Waals surface area contributed by atoms with Crippen LogP contribution in [0.5, 0.6) is 0 Å². The molecule has 5 atom stereocenters. The van der Waals surface area contributed by atoms with Crippen molar-refractivity contribution in [2.24, 2.45) is 5.73 Å². The summed E-state index contributed by atoms with van der Waals surface area (Å²) >= 11 is 0. The lowest BCUT2D eigenvalue weighted by atomic mass is 10.1. The molecule has 0 bridgehead atoms. The van der Waals surface area contributed by atoms with Crippen molar-refractivity contribution in [2.45, 2.75) is 43.3 Å². The van der Waals surface area contributed by atoms with Gasteiger partial charge in [-0.15, -0.1) is 0 Å². The number of hydrogen-bond donors (Lipinski definition) is 7. The lowest BCUT2D eigenvalue weighted by Crippen LogP contribution is -2.40. The Morgan fingerprint density at radius 3 is 2.14 bits per heavy atom. The van der Waals surface area contributed by atoms with E-state index >= 15 is 0 Å². The Bertz CT molecular complexity index is 400. The van der Waals surface area contributed by atoms with Gasteiger partial charge < -0.3 is 41.1 Å². The van der Waals surface area contributed by atoms with E-state index in [0.717, 1.165) is 0 Å². The van der Waals surface area contributed by atoms with Crippen LogP contribution in [-0.4, -0.2) is 85.6 Å². The van der Waals surface area contributed by atoms with Crippen molar-refractivity contribution < 1.29 is 49.8 Å². The molecule has 22 heavy (non-hydrogen) atoms. The zero-order valence-electron chi connectivity index (χ0n) is 11.4. The predicted molar refractivity (Wildman–Crippen MR) is 67.5 cm³/mol. The van der Waals surface area contributed by atoms with Crippen LogP contribution in [0.2, 0.25) is 0 Å². The molecule has 1 aliphatic heterocycles. The standard InChI is InChI=1S/C6H10O6.C5H9NO4/c7-1-2(8)5-3(9)4(10)6(11)12-5;6-3(5(9)10)1-2-4(7)8/h2-5,7-10H,1H2;3H,1-2,6H2,(H,7,8)(H,9,10)/t2-,3-,4-,5+;3-/m00/s1. The molecule has 0 aromatic rings. The van der Waals surface area contributed by atoms with E-state index < -0.39 is 55.0 Å². The molecule has 0 aliphatic carbocycles. The molecule has 128 valence electrons. The fourth-order valence-electron chi connectivity index (χ4n) is 1.41. The van der Waals surface area contributed by atoms with Gasteiger partial charge in [-0.2, -0.15) is 0 Å². The number of hydrogen-bond acceptors (Lipinski definition) is 9. The second-order valence-corrected chi connectivity index (χ2v) is 4.46. The molecule has 1 fully saturated rings. The van der Waals surface area contributed by atoms with E-state index in [1.165, 1.54) is 0 Å². The molecule has 0 aromatic carbocycles. The van der Waals surface area contributed by atoms with Crippen LogP contribution in [0.1, 0.15) is 12.8 Å². The number of rotatable bonds is 6. The van der Waals surface area contributed by atoms with Crippen LogP contribution >= 0.6 is 0 Å². The fraction of sp³-hybridized carbons (Fsp3) is 0.727. The number of aliphatic hydroxyl groups excluding tert-OH is 4. The Morgan fingerprint density at radius 2 is 1.82 bits per heavy atom. The average molecular weight is 325 g/mol. The summed E-state index contributed by atoms with van der Waals surface area (Å²) in [7, 11) is 0. The first-order valence-electron chi connectivity index (χ1n) is 6.17. The van der Waals surface area contributed by atoms with E-state index in [0.29, 0.717) is 0 Å². The third-order valence-corrected chi connectivity index (χ3v) is 2.71. The molecule has 0 aromatic heterocycles. The van der Waals surface area contributed by atoms with Crippen molar-refractivity contribution in [3.63, 3.8) is 0 Å². The van der Waals surface area contributed by atoms with E-state index in [1.807, 2.05) is 0 Å². The number of carbonyl (C=O) groups excluding carboxylic acids is 1. The number of esters is 1. The summed E-state index contributed by atoms with van der Waals surface area (Å²) in [5.74, 6) is -3.18. The van der Waals surface area contributed by atoms with Crippen molar-refractivity contribution >= 4 is 17.9 Å². The zero-order chi connectivity index (χ0) is 17.4. The van der Waals surface area contributed by atoms with Gasteiger partial charge in [0.25, 0.3) is 0 Å². The summed E-state index contributed by atoms with van der Waals surface area (Å²) < 4.78 is 4.39. The van der Waals surface area contributed by atoms with Crippen LogP contribution in [0.4, 0.5) is 0 Å². The average Bonchev–Trinajstić information content (AvgIpc) is 2.72. The molecule has 1 heterocycles. The third kappa shape index (κ3) is 6.32. The number of nitrogens with two attached hydrogens (primary N) is 1. The van der Waals surface area contributed by atoms with E-state index in [-0.39, 0.29) is 12.8 Å². The van der Waals surface area contributed by atoms with Crippen LogP contribution in [0.25, 0.3) is 0 Å². The van der Waals surface area contributed by atoms with Gasteiger partial charge in [0.1, 0.15) is 18.2 Å². The molecule has 0 spiro atoms. The van der Waals surface area contributed by atoms with Crippen LogP contribution in [0.3, 0.4) is 0 Å². The van der Waals surface area contributed by atoms with Gasteiger partial charge in [-0.25, -0.2) is 4.79 Å². The van der Waals surface area contributed by atoms with Crippen molar-refractivity contribution in [3.8, 4) is 0 Å². The predicted octanol–water partition coefficient (Wildman–Crippen LogP) is -3.75. The van der Waals surface area contributed by atoms with Gasteiger partial charge in [0.2, 0.25) is 0 Å². The van der Waals surface area contributed by atoms with Crippen molar-refractivity contribution in [2.75, 3.05) is 6.61 Å². The molecule has 0 unspecified atom stereocenters. The van der Waals surface area contributed by atoms with Gasteiger partial charge in [-0.3, -0.25) is 9.59 Å². The molecule has 0 amide bonds. The number of carbonyl (C=O) groups is 3. The molecule has 0 radical (unpaired) electrons. The van der Waals surface area contributed by atoms with Crippen LogP contribution in [-0.2, 0) is 19.1 Å². The van der Waals surface area contributed by atoms with E-state index in [9.17, 15) is 14.4 Å². The first-order chi connectivity index (χ1) is 10.1. The summed E-state index contributed by atoms with van der Waals surface area (Å²) in [5.41, 5.74) is 5.00. The topological polar surface area (TPSA) is 208 Å². The maximum Gasteiger partial charge on any atom is 0.338 e. The molecule has 8 N–H and O–H groups in total. The number of aliphatic carboxylic acids is 2. The summed E-state index contributed by atoms with van der Waals surface area (Å²) in [5, 5.41) is 51.6. The lowest BCUT2D eigenvalue weighted by molar-refractivity contribution is -0.151. The smallest absolute Gasteiger partial charge is 0.338 e. The Hall–Kier alpha value is -1.79. The normalized spacial score (nSPS) is 26.4. The Balaban J connectivity index is 0.000000409. The molecule has 0 saturated carbocycles. The maximum atomic E-state index is 10.6. The van der Waals surface area contributed by atoms with Crippen LogP contribution in [0.15, 0.2) is 0 Å². The number of carboxylic acids is 2. The SMILES string of the molecule is N[C@@H](CCC(=O)O)C(=O)O.O=C1O[C@H]([C@@H](O)CO)[C@@H](O)[C@@H]1O. The second kappa shape index (κ2) is 9.27. The quantitative estimate of drug-likeness (QED) is 0.236. The van der Waals surface area contributed by atoms with Gasteiger partial charge in [0.05, 0.1) is 6.61 Å². The van der Waals surface area contributed by atoms with Gasteiger partial charge >= 0.3 is 17.9 Å². The Morgan fingerprint density at radius 1 is 1.27 bits per heavy atom. The van der Waals surface area contributed by atoms with E-state index in [2.05, 4.69) is 4.74 Å². The highest BCUT2D eigenvalue weighted by atomic mass is 16.6. The van der Waals surface area contributed by atoms with Gasteiger partial charge in [-0.05, 0) is 6.42 Å². The number of cyclic esters (lactones) is 1. The fourth-order valence-corrected chi connectivity index (χ4v) is 1.41. The molecular formula is C11H19NO10. The first-order valence-corrected chi connectivity index (χ1v) is 6.17. The highest BCUT2D eigenvalue weighted by Gasteiger charge is 2.45. The molecule has 11 nitrogen and oxygen atoms in total. The van der Waals surface area contributed by atoms with Crippen molar-refractivity contribution in [1.82, 2.24) is 0 Å². The molecular weight excluding hydrogens is 306 g/mol. The summed E-state index contributed by atoms with van der Waals surface area (Å²) in [4.78, 5) is 30.5. The van der Waals surface area contributed by atoms with Crippen LogP contribution in [0, 0.1) is 0 Å². The van der Waals surface area contributed by atoms with Gasteiger partial charge in [-0.1, -0.05) is 0 Å². The second-order valence-electron chi connectivity index (χ2n) is 4.46. The van der Waals surface area contributed by atoms with Crippen molar-refractivity contribution in [1.29, 1.82) is 0 Å². The number of aliphatic hydroxyl groups is 4. The Kier molecular flexibility index (Phi) is 8.52. The van der Waals surface area contributed by atoms with E-state index in [4.69, 9.17) is 36.4 Å². The summed E-state index contributed by atoms with van der Waals surface area (Å²) in [6, 6.07) is -1.06. The minimum absolute atomic E-state index is 0.0231. The third-order valence-electron chi connectivity index (χ3n) is 2.71. The largest absolute Gasteiger partial charge is 0.481 e. The number of ether oxygens (including phenoxy) is 1. The monoisotopic (exact) mass is 325 g/mol. The maximum absolute atomic E-state index is 10.6. The molecule has 11 heteroatoms. The molecule has 1 aliphatic rings. The highest BCUT2D eigenvalue weighted by Crippen LogP contribution is 2.18. The summed E-state index contributed by atoms with van der Waals surface area (Å²) in [6.07, 6.45) is -5.92. The van der Waals surface area contributed by atoms with Gasteiger partial charge in [0.15, 0.2) is 12.2 Å².